The Labute approximate surface area is 250 Å². The first-order valence-corrected chi connectivity index (χ1v) is 15.2. The molecule has 42 heavy (non-hydrogen) atoms. The monoisotopic (exact) mass is 555 g/mol. The minimum atomic E-state index is -0.215. The van der Waals surface area contributed by atoms with E-state index in [9.17, 15) is 0 Å². The Morgan fingerprint density at radius 2 is 1.14 bits per heavy atom. The Morgan fingerprint density at radius 3 is 1.69 bits per heavy atom. The molecule has 5 aromatic rings. The zero-order chi connectivity index (χ0) is 28.8. The van der Waals surface area contributed by atoms with Crippen LogP contribution < -0.4 is 15.5 Å². The second-order valence-corrected chi connectivity index (χ2v) is 11.7. The molecule has 0 unspecified atom stereocenters. The molecule has 5 heteroatoms. The second-order valence-electron chi connectivity index (χ2n) is 11.7. The first kappa shape index (κ1) is 27.9. The van der Waals surface area contributed by atoms with Gasteiger partial charge in [-0.1, -0.05) is 103 Å². The zero-order valence-corrected chi connectivity index (χ0v) is 24.7. The van der Waals surface area contributed by atoms with E-state index in [1.54, 1.807) is 0 Å². The lowest BCUT2D eigenvalue weighted by Crippen LogP contribution is -2.40. The predicted octanol–water partition coefficient (Wildman–Crippen LogP) is 7.43. The average Bonchev–Trinajstić information content (AvgIpc) is 3.05. The molecule has 6 rings (SSSR count). The van der Waals surface area contributed by atoms with Gasteiger partial charge in [0.25, 0.3) is 0 Å². The van der Waals surface area contributed by atoms with Gasteiger partial charge in [-0.05, 0) is 67.5 Å². The molecule has 5 nitrogen and oxygen atoms in total. The van der Waals surface area contributed by atoms with Crippen LogP contribution in [0.1, 0.15) is 48.8 Å². The van der Waals surface area contributed by atoms with E-state index in [-0.39, 0.29) is 5.41 Å². The number of para-hydroxylation sites is 1. The summed E-state index contributed by atoms with van der Waals surface area (Å²) in [5, 5.41) is 8.69. The standard InChI is InChI=1S/C37H41N5/c1-42(2)35-33-20-12-13-21-34(33)40-36(41-35)39-32-24-22-31(23-25-32)38-27-26-37(28-14-6-3-7-15-28,29-16-8-4-9-17-29)30-18-10-5-11-19-30/h3-21,31-32,38H,22-27H2,1-2H3,(H,39,40,41)/t31-,32+. The normalized spacial score (nSPS) is 17.2. The van der Waals surface area contributed by atoms with Crippen molar-refractivity contribution in [3.8, 4) is 0 Å². The fraction of sp³-hybridized carbons (Fsp3) is 0.297. The molecule has 0 amide bonds. The van der Waals surface area contributed by atoms with Crippen molar-refractivity contribution in [2.45, 2.75) is 49.6 Å². The molecular formula is C37H41N5. The molecule has 1 aliphatic rings. The molecule has 1 aromatic heterocycles. The molecule has 214 valence electrons. The summed E-state index contributed by atoms with van der Waals surface area (Å²) in [5.41, 5.74) is 4.78. The zero-order valence-electron chi connectivity index (χ0n) is 24.7. The molecule has 4 aromatic carbocycles. The molecule has 0 bridgehead atoms. The number of anilines is 2. The second kappa shape index (κ2) is 12.7. The van der Waals surface area contributed by atoms with Gasteiger partial charge in [0.2, 0.25) is 5.95 Å². The van der Waals surface area contributed by atoms with Crippen molar-refractivity contribution in [1.29, 1.82) is 0 Å². The quantitative estimate of drug-likeness (QED) is 0.176. The maximum atomic E-state index is 4.86. The van der Waals surface area contributed by atoms with Gasteiger partial charge in [-0.15, -0.1) is 0 Å². The summed E-state index contributed by atoms with van der Waals surface area (Å²) in [7, 11) is 4.08. The maximum absolute atomic E-state index is 4.86. The van der Waals surface area contributed by atoms with Crippen molar-refractivity contribution in [2.24, 2.45) is 0 Å². The highest BCUT2D eigenvalue weighted by Gasteiger charge is 2.36. The van der Waals surface area contributed by atoms with Gasteiger partial charge in [0.05, 0.1) is 5.52 Å². The van der Waals surface area contributed by atoms with Crippen LogP contribution in [0.3, 0.4) is 0 Å². The Hall–Kier alpha value is -4.22. The van der Waals surface area contributed by atoms with Crippen LogP contribution in [0, 0.1) is 0 Å². The number of hydrogen-bond acceptors (Lipinski definition) is 5. The molecule has 0 spiro atoms. The number of fused-ring (bicyclic) bond motifs is 1. The van der Waals surface area contributed by atoms with Crippen molar-refractivity contribution < 1.29 is 0 Å². The Balaban J connectivity index is 1.14. The largest absolute Gasteiger partial charge is 0.362 e. The number of rotatable bonds is 10. The minimum absolute atomic E-state index is 0.215. The summed E-state index contributed by atoms with van der Waals surface area (Å²) in [6.07, 6.45) is 5.47. The summed E-state index contributed by atoms with van der Waals surface area (Å²) >= 11 is 0. The summed E-state index contributed by atoms with van der Waals surface area (Å²) < 4.78 is 0. The van der Waals surface area contributed by atoms with Crippen molar-refractivity contribution >= 4 is 22.7 Å². The van der Waals surface area contributed by atoms with Crippen LogP contribution in [0.25, 0.3) is 10.9 Å². The van der Waals surface area contributed by atoms with Crippen molar-refractivity contribution in [3.63, 3.8) is 0 Å². The van der Waals surface area contributed by atoms with Gasteiger partial charge < -0.3 is 15.5 Å². The Bertz CT molecular complexity index is 1470. The Kier molecular flexibility index (Phi) is 8.47. The number of benzene rings is 4. The van der Waals surface area contributed by atoms with Gasteiger partial charge in [0.15, 0.2) is 0 Å². The lowest BCUT2D eigenvalue weighted by molar-refractivity contribution is 0.344. The van der Waals surface area contributed by atoms with Crippen LogP contribution >= 0.6 is 0 Å². The Morgan fingerprint density at radius 1 is 0.643 bits per heavy atom. The highest BCUT2D eigenvalue weighted by atomic mass is 15.2. The highest BCUT2D eigenvalue weighted by Crippen LogP contribution is 2.42. The van der Waals surface area contributed by atoms with Crippen LogP contribution in [0.15, 0.2) is 115 Å². The van der Waals surface area contributed by atoms with Gasteiger partial charge in [-0.2, -0.15) is 4.98 Å². The lowest BCUT2D eigenvalue weighted by atomic mass is 9.67. The molecule has 1 saturated carbocycles. The van der Waals surface area contributed by atoms with Gasteiger partial charge in [-0.25, -0.2) is 4.98 Å². The predicted molar refractivity (Wildman–Crippen MR) is 175 cm³/mol. The van der Waals surface area contributed by atoms with Crippen LogP contribution in [0.4, 0.5) is 11.8 Å². The molecule has 2 N–H and O–H groups in total. The van der Waals surface area contributed by atoms with E-state index in [2.05, 4.69) is 119 Å². The highest BCUT2D eigenvalue weighted by molar-refractivity contribution is 5.90. The van der Waals surface area contributed by atoms with Gasteiger partial charge in [0.1, 0.15) is 5.82 Å². The van der Waals surface area contributed by atoms with Gasteiger partial charge in [-0.3, -0.25) is 0 Å². The van der Waals surface area contributed by atoms with E-state index in [1.165, 1.54) is 16.7 Å². The molecule has 1 fully saturated rings. The van der Waals surface area contributed by atoms with Gasteiger partial charge in [0, 0.05) is 37.0 Å². The fourth-order valence-electron chi connectivity index (χ4n) is 6.65. The first-order valence-electron chi connectivity index (χ1n) is 15.2. The number of nitrogens with zero attached hydrogens (tertiary/aromatic N) is 3. The lowest BCUT2D eigenvalue weighted by Gasteiger charge is -2.37. The van der Waals surface area contributed by atoms with Crippen LogP contribution in [-0.2, 0) is 5.41 Å². The fourth-order valence-corrected chi connectivity index (χ4v) is 6.65. The third kappa shape index (κ3) is 5.88. The number of nitrogens with one attached hydrogen (secondary N) is 2. The minimum Gasteiger partial charge on any atom is -0.362 e. The topological polar surface area (TPSA) is 53.1 Å². The number of hydrogen-bond donors (Lipinski definition) is 2. The molecule has 0 saturated heterocycles. The van der Waals surface area contributed by atoms with Crippen molar-refractivity contribution in [1.82, 2.24) is 15.3 Å². The maximum Gasteiger partial charge on any atom is 0.225 e. The molecule has 0 radical (unpaired) electrons. The van der Waals surface area contributed by atoms with Crippen LogP contribution in [0.5, 0.6) is 0 Å². The van der Waals surface area contributed by atoms with Crippen molar-refractivity contribution in [2.75, 3.05) is 30.9 Å². The summed E-state index contributed by atoms with van der Waals surface area (Å²) in [5.74, 6) is 1.68. The van der Waals surface area contributed by atoms with E-state index in [4.69, 9.17) is 9.97 Å². The summed E-state index contributed by atoms with van der Waals surface area (Å²) in [4.78, 5) is 11.8. The summed E-state index contributed by atoms with van der Waals surface area (Å²) in [6.45, 7) is 0.946. The first-order chi connectivity index (χ1) is 20.6. The third-order valence-electron chi connectivity index (χ3n) is 8.80. The summed E-state index contributed by atoms with van der Waals surface area (Å²) in [6, 6.07) is 42.2. The van der Waals surface area contributed by atoms with Crippen LogP contribution in [0.2, 0.25) is 0 Å². The smallest absolute Gasteiger partial charge is 0.225 e. The molecule has 0 atom stereocenters. The SMILES string of the molecule is CN(C)c1nc(N[C@H]2CC[C@@H](NCCC(c3ccccc3)(c3ccccc3)c3ccccc3)CC2)nc2ccccc12. The van der Waals surface area contributed by atoms with E-state index in [0.29, 0.717) is 12.1 Å². The van der Waals surface area contributed by atoms with E-state index >= 15 is 0 Å². The molecule has 0 aliphatic heterocycles. The van der Waals surface area contributed by atoms with Gasteiger partial charge >= 0.3 is 0 Å². The number of aromatic nitrogens is 2. The van der Waals surface area contributed by atoms with E-state index in [0.717, 1.165) is 61.3 Å². The van der Waals surface area contributed by atoms with E-state index in [1.807, 2.05) is 26.2 Å². The molecule has 1 aliphatic carbocycles. The average molecular weight is 556 g/mol. The molecule has 1 heterocycles. The molecular weight excluding hydrogens is 514 g/mol. The third-order valence-corrected chi connectivity index (χ3v) is 8.80. The van der Waals surface area contributed by atoms with Crippen molar-refractivity contribution in [3.05, 3.63) is 132 Å². The van der Waals surface area contributed by atoms with E-state index < -0.39 is 0 Å². The van der Waals surface area contributed by atoms with Crippen LogP contribution in [-0.4, -0.2) is 42.7 Å².